The lowest BCUT2D eigenvalue weighted by Crippen LogP contribution is -2.48. The molecule has 21 heavy (non-hydrogen) atoms. The zero-order chi connectivity index (χ0) is 15.5. The average molecular weight is 292 g/mol. The van der Waals surface area contributed by atoms with Gasteiger partial charge in [-0.3, -0.25) is 4.90 Å². The van der Waals surface area contributed by atoms with Gasteiger partial charge in [-0.05, 0) is 18.4 Å². The van der Waals surface area contributed by atoms with Crippen LogP contribution in [0.4, 0.5) is 0 Å². The van der Waals surface area contributed by atoms with Crippen LogP contribution in [0.2, 0.25) is 0 Å². The molecule has 0 aliphatic carbocycles. The maximum atomic E-state index is 10.6. The van der Waals surface area contributed by atoms with Crippen LogP contribution in [0.15, 0.2) is 18.2 Å². The molecule has 1 aromatic carbocycles. The van der Waals surface area contributed by atoms with Crippen LogP contribution in [0.25, 0.3) is 0 Å². The monoisotopic (exact) mass is 292 g/mol. The maximum Gasteiger partial charge on any atom is 0.162 e. The minimum absolute atomic E-state index is 0.0413. The van der Waals surface area contributed by atoms with E-state index in [-0.39, 0.29) is 17.2 Å². The Labute approximate surface area is 128 Å². The third-order valence-corrected chi connectivity index (χ3v) is 3.96. The van der Waals surface area contributed by atoms with Crippen LogP contribution >= 0.6 is 0 Å². The third-order valence-electron chi connectivity index (χ3n) is 3.96. The van der Waals surface area contributed by atoms with Crippen LogP contribution in [0.5, 0.6) is 11.5 Å². The highest BCUT2D eigenvalue weighted by atomic mass is 16.5. The van der Waals surface area contributed by atoms with Crippen molar-refractivity contribution in [1.82, 2.24) is 10.2 Å². The molecule has 1 atom stereocenters. The lowest BCUT2D eigenvalue weighted by atomic mass is 9.80. The van der Waals surface area contributed by atoms with E-state index in [4.69, 9.17) is 4.74 Å². The van der Waals surface area contributed by atoms with Gasteiger partial charge in [0.1, 0.15) is 0 Å². The fourth-order valence-electron chi connectivity index (χ4n) is 3.18. The van der Waals surface area contributed by atoms with Crippen molar-refractivity contribution < 1.29 is 9.84 Å². The van der Waals surface area contributed by atoms with Gasteiger partial charge in [-0.2, -0.15) is 0 Å². The summed E-state index contributed by atoms with van der Waals surface area (Å²) in [7, 11) is 0. The molecule has 0 aromatic heterocycles. The van der Waals surface area contributed by atoms with Crippen molar-refractivity contribution in [1.29, 1.82) is 0 Å². The summed E-state index contributed by atoms with van der Waals surface area (Å²) in [5.41, 5.74) is 1.01. The molecule has 118 valence electrons. The summed E-state index contributed by atoms with van der Waals surface area (Å²) in [5, 5.41) is 14.0. The number of phenols is 1. The Morgan fingerprint density at radius 2 is 1.95 bits per heavy atom. The molecule has 0 saturated carbocycles. The molecule has 4 heteroatoms. The topological polar surface area (TPSA) is 44.7 Å². The van der Waals surface area contributed by atoms with Gasteiger partial charge in [0.25, 0.3) is 0 Å². The standard InChI is InChI=1S/C17H28N2O2/c1-5-21-14-8-6-7-13(15(14)20)16(17(2,3)4)19-11-9-18-10-12-19/h6-8,16,18,20H,5,9-12H2,1-4H3/t16-/m0/s1. The second-order valence-corrected chi connectivity index (χ2v) is 6.68. The number of rotatable bonds is 4. The van der Waals surface area contributed by atoms with E-state index in [2.05, 4.69) is 31.0 Å². The molecule has 4 nitrogen and oxygen atoms in total. The van der Waals surface area contributed by atoms with Crippen molar-refractivity contribution in [3.05, 3.63) is 23.8 Å². The maximum absolute atomic E-state index is 10.6. The Balaban J connectivity index is 2.39. The molecule has 0 amide bonds. The Kier molecular flexibility index (Phi) is 5.12. The van der Waals surface area contributed by atoms with Crippen molar-refractivity contribution in [3.8, 4) is 11.5 Å². The number of phenolic OH excluding ortho intramolecular Hbond substituents is 1. The highest BCUT2D eigenvalue weighted by molar-refractivity contribution is 5.47. The average Bonchev–Trinajstić information content (AvgIpc) is 2.43. The minimum atomic E-state index is 0.0413. The SMILES string of the molecule is CCOc1cccc([C@H](N2CCNCC2)C(C)(C)C)c1O. The van der Waals surface area contributed by atoms with Gasteiger partial charge in [0.2, 0.25) is 0 Å². The normalized spacial score (nSPS) is 18.5. The Bertz CT molecular complexity index is 462. The fraction of sp³-hybridized carbons (Fsp3) is 0.647. The molecule has 2 N–H and O–H groups in total. The lowest BCUT2D eigenvalue weighted by Gasteiger charge is -2.42. The third kappa shape index (κ3) is 3.69. The lowest BCUT2D eigenvalue weighted by molar-refractivity contribution is 0.0838. The number of hydrogen-bond acceptors (Lipinski definition) is 4. The van der Waals surface area contributed by atoms with Crippen LogP contribution in [-0.4, -0.2) is 42.8 Å². The zero-order valence-electron chi connectivity index (χ0n) is 13.6. The van der Waals surface area contributed by atoms with Gasteiger partial charge in [-0.25, -0.2) is 0 Å². The molecule has 0 radical (unpaired) electrons. The summed E-state index contributed by atoms with van der Waals surface area (Å²) < 4.78 is 5.55. The highest BCUT2D eigenvalue weighted by Crippen LogP contribution is 2.44. The molecule has 0 unspecified atom stereocenters. The molecule has 1 saturated heterocycles. The summed E-state index contributed by atoms with van der Waals surface area (Å²) in [6, 6.07) is 6.01. The first-order valence-electron chi connectivity index (χ1n) is 7.84. The van der Waals surface area contributed by atoms with Gasteiger partial charge in [0.05, 0.1) is 6.61 Å². The smallest absolute Gasteiger partial charge is 0.162 e. The van der Waals surface area contributed by atoms with Crippen molar-refractivity contribution in [3.63, 3.8) is 0 Å². The first-order chi connectivity index (χ1) is 9.95. The van der Waals surface area contributed by atoms with Crippen molar-refractivity contribution in [2.45, 2.75) is 33.7 Å². The van der Waals surface area contributed by atoms with Gasteiger partial charge in [-0.15, -0.1) is 0 Å². The van der Waals surface area contributed by atoms with E-state index in [0.717, 1.165) is 31.7 Å². The van der Waals surface area contributed by atoms with Crippen molar-refractivity contribution >= 4 is 0 Å². The predicted octanol–water partition coefficient (Wildman–Crippen LogP) is 2.78. The summed E-state index contributed by atoms with van der Waals surface area (Å²) in [6.07, 6.45) is 0. The summed E-state index contributed by atoms with van der Waals surface area (Å²) >= 11 is 0. The summed E-state index contributed by atoms with van der Waals surface area (Å²) in [4.78, 5) is 2.46. The molecular weight excluding hydrogens is 264 g/mol. The quantitative estimate of drug-likeness (QED) is 0.895. The molecule has 1 fully saturated rings. The Morgan fingerprint density at radius 1 is 1.29 bits per heavy atom. The van der Waals surface area contributed by atoms with Crippen molar-refractivity contribution in [2.24, 2.45) is 5.41 Å². The number of nitrogens with one attached hydrogen (secondary N) is 1. The van der Waals surface area contributed by atoms with Crippen LogP contribution in [0.3, 0.4) is 0 Å². The number of aromatic hydroxyl groups is 1. The van der Waals surface area contributed by atoms with Gasteiger partial charge >= 0.3 is 0 Å². The molecule has 1 aliphatic heterocycles. The zero-order valence-corrected chi connectivity index (χ0v) is 13.6. The van der Waals surface area contributed by atoms with E-state index < -0.39 is 0 Å². The number of ether oxygens (including phenoxy) is 1. The van der Waals surface area contributed by atoms with Crippen molar-refractivity contribution in [2.75, 3.05) is 32.8 Å². The fourth-order valence-corrected chi connectivity index (χ4v) is 3.18. The predicted molar refractivity (Wildman–Crippen MR) is 85.9 cm³/mol. The Morgan fingerprint density at radius 3 is 2.52 bits per heavy atom. The molecular formula is C17H28N2O2. The van der Waals surface area contributed by atoms with Crippen LogP contribution in [0.1, 0.15) is 39.3 Å². The van der Waals surface area contributed by atoms with Gasteiger partial charge in [0.15, 0.2) is 11.5 Å². The van der Waals surface area contributed by atoms with Gasteiger partial charge < -0.3 is 15.2 Å². The largest absolute Gasteiger partial charge is 0.504 e. The number of nitrogens with zero attached hydrogens (tertiary/aromatic N) is 1. The van der Waals surface area contributed by atoms with Crippen LogP contribution in [-0.2, 0) is 0 Å². The van der Waals surface area contributed by atoms with E-state index in [1.807, 2.05) is 25.1 Å². The number of piperazine rings is 1. The Hall–Kier alpha value is -1.26. The number of benzene rings is 1. The van der Waals surface area contributed by atoms with Gasteiger partial charge in [-0.1, -0.05) is 32.9 Å². The summed E-state index contributed by atoms with van der Waals surface area (Å²) in [6.45, 7) is 13.2. The molecule has 1 aliphatic rings. The first-order valence-corrected chi connectivity index (χ1v) is 7.84. The minimum Gasteiger partial charge on any atom is -0.504 e. The van der Waals surface area contributed by atoms with Crippen LogP contribution < -0.4 is 10.1 Å². The molecule has 0 bridgehead atoms. The first kappa shape index (κ1) is 16.1. The molecule has 0 spiro atoms. The molecule has 1 aromatic rings. The number of hydrogen-bond donors (Lipinski definition) is 2. The second kappa shape index (κ2) is 6.67. The molecule has 1 heterocycles. The van der Waals surface area contributed by atoms with E-state index in [1.54, 1.807) is 0 Å². The van der Waals surface area contributed by atoms with E-state index in [0.29, 0.717) is 12.4 Å². The van der Waals surface area contributed by atoms with Gasteiger partial charge in [0, 0.05) is 37.8 Å². The highest BCUT2D eigenvalue weighted by Gasteiger charge is 2.34. The van der Waals surface area contributed by atoms with Crippen LogP contribution in [0, 0.1) is 5.41 Å². The molecule has 2 rings (SSSR count). The van der Waals surface area contributed by atoms with E-state index in [9.17, 15) is 5.11 Å². The second-order valence-electron chi connectivity index (χ2n) is 6.68. The summed E-state index contributed by atoms with van der Waals surface area (Å²) in [5.74, 6) is 0.872. The van der Waals surface area contributed by atoms with E-state index >= 15 is 0 Å². The number of para-hydroxylation sites is 1. The van der Waals surface area contributed by atoms with E-state index in [1.165, 1.54) is 0 Å².